The number of fused-ring (bicyclic) bond motifs is 1. The molecule has 0 aliphatic rings. The van der Waals surface area contributed by atoms with Crippen molar-refractivity contribution in [3.05, 3.63) is 12.3 Å². The lowest BCUT2D eigenvalue weighted by atomic mass is 10.7. The number of hydrazine groups is 1. The van der Waals surface area contributed by atoms with Gasteiger partial charge in [-0.2, -0.15) is 14.6 Å². The predicted octanol–water partition coefficient (Wildman–Crippen LogP) is 0.132. The van der Waals surface area contributed by atoms with Crippen LogP contribution in [0.1, 0.15) is 0 Å². The van der Waals surface area contributed by atoms with Gasteiger partial charge < -0.3 is 0 Å². The third-order valence-corrected chi connectivity index (χ3v) is 2.09. The molecule has 2 rings (SSSR count). The van der Waals surface area contributed by atoms with Crippen LogP contribution < -0.4 is 11.3 Å². The molecule has 0 radical (unpaired) electrons. The first-order chi connectivity index (χ1) is 6.35. The summed E-state index contributed by atoms with van der Waals surface area (Å²) < 4.78 is 1.54. The van der Waals surface area contributed by atoms with Crippen molar-refractivity contribution in [2.24, 2.45) is 5.84 Å². The molecule has 0 amide bonds. The molecule has 0 aliphatic heterocycles. The van der Waals surface area contributed by atoms with E-state index in [-0.39, 0.29) is 0 Å². The smallest absolute Gasteiger partial charge is 0.242 e. The van der Waals surface area contributed by atoms with Crippen molar-refractivity contribution in [1.29, 1.82) is 0 Å². The molecule has 3 N–H and O–H groups in total. The third kappa shape index (κ3) is 1.31. The molecule has 0 spiro atoms. The number of nitrogens with one attached hydrogen (secondary N) is 1. The van der Waals surface area contributed by atoms with Gasteiger partial charge in [-0.15, -0.1) is 0 Å². The Morgan fingerprint density at radius 2 is 2.38 bits per heavy atom. The van der Waals surface area contributed by atoms with Gasteiger partial charge in [0.05, 0.1) is 6.20 Å². The van der Waals surface area contributed by atoms with E-state index in [9.17, 15) is 0 Å². The van der Waals surface area contributed by atoms with E-state index in [1.54, 1.807) is 16.8 Å². The Morgan fingerprint density at radius 1 is 1.54 bits per heavy atom. The summed E-state index contributed by atoms with van der Waals surface area (Å²) in [6, 6.07) is 1.79. The largest absolute Gasteiger partial charge is 0.292 e. The van der Waals surface area contributed by atoms with Gasteiger partial charge in [-0.1, -0.05) is 11.8 Å². The summed E-state index contributed by atoms with van der Waals surface area (Å²) in [5.41, 5.74) is 3.20. The first-order valence-electron chi connectivity index (χ1n) is 3.57. The number of aromatic nitrogens is 4. The minimum Gasteiger partial charge on any atom is -0.292 e. The van der Waals surface area contributed by atoms with E-state index in [1.807, 2.05) is 6.26 Å². The molecule has 0 atom stereocenters. The van der Waals surface area contributed by atoms with Crippen LogP contribution >= 0.6 is 11.8 Å². The Balaban J connectivity index is 2.70. The first kappa shape index (κ1) is 8.27. The van der Waals surface area contributed by atoms with Crippen molar-refractivity contribution in [3.8, 4) is 0 Å². The number of thioether (sulfide) groups is 1. The van der Waals surface area contributed by atoms with Crippen LogP contribution in [0, 0.1) is 0 Å². The van der Waals surface area contributed by atoms with E-state index in [2.05, 4.69) is 20.5 Å². The average Bonchev–Trinajstić information content (AvgIpc) is 2.63. The number of hydrogen-bond acceptors (Lipinski definition) is 6. The van der Waals surface area contributed by atoms with E-state index in [4.69, 9.17) is 5.84 Å². The van der Waals surface area contributed by atoms with E-state index in [0.29, 0.717) is 11.1 Å². The fraction of sp³-hybridized carbons (Fsp3) is 0.167. The zero-order chi connectivity index (χ0) is 9.26. The molecule has 6 nitrogen and oxygen atoms in total. The van der Waals surface area contributed by atoms with Crippen molar-refractivity contribution in [2.75, 3.05) is 11.7 Å². The zero-order valence-corrected chi connectivity index (χ0v) is 7.75. The van der Waals surface area contributed by atoms with Crippen molar-refractivity contribution in [3.63, 3.8) is 0 Å². The zero-order valence-electron chi connectivity index (χ0n) is 6.93. The monoisotopic (exact) mass is 196 g/mol. The minimum atomic E-state index is 0.486. The summed E-state index contributed by atoms with van der Waals surface area (Å²) >= 11 is 1.46. The lowest BCUT2D eigenvalue weighted by molar-refractivity contribution is 0.837. The molecule has 7 heteroatoms. The van der Waals surface area contributed by atoms with E-state index in [0.717, 1.165) is 5.65 Å². The maximum absolute atomic E-state index is 5.29. The van der Waals surface area contributed by atoms with Crippen molar-refractivity contribution in [2.45, 2.75) is 5.16 Å². The number of nitrogen functional groups attached to an aromatic ring is 1. The fourth-order valence-corrected chi connectivity index (χ4v) is 1.35. The summed E-state index contributed by atoms with van der Waals surface area (Å²) in [6.07, 6.45) is 3.55. The molecule has 68 valence electrons. The van der Waals surface area contributed by atoms with Crippen LogP contribution in [0.4, 0.5) is 5.95 Å². The molecule has 0 aliphatic carbocycles. The predicted molar refractivity (Wildman–Crippen MR) is 50.4 cm³/mol. The Kier molecular flexibility index (Phi) is 2.03. The lowest BCUT2D eigenvalue weighted by Gasteiger charge is -2.02. The fourth-order valence-electron chi connectivity index (χ4n) is 0.990. The van der Waals surface area contributed by atoms with Crippen LogP contribution in [0.2, 0.25) is 0 Å². The molecular weight excluding hydrogens is 188 g/mol. The summed E-state index contributed by atoms with van der Waals surface area (Å²) in [5, 5.41) is 4.67. The van der Waals surface area contributed by atoms with Gasteiger partial charge in [0.2, 0.25) is 5.95 Å². The van der Waals surface area contributed by atoms with Gasteiger partial charge in [-0.25, -0.2) is 10.8 Å². The maximum atomic E-state index is 5.29. The molecule has 0 fully saturated rings. The normalized spacial score (nSPS) is 10.6. The second-order valence-electron chi connectivity index (χ2n) is 2.28. The molecule has 0 saturated carbocycles. The van der Waals surface area contributed by atoms with Crippen LogP contribution in [0.5, 0.6) is 0 Å². The van der Waals surface area contributed by atoms with Crippen LogP contribution in [0.15, 0.2) is 17.4 Å². The van der Waals surface area contributed by atoms with Crippen molar-refractivity contribution < 1.29 is 0 Å². The maximum Gasteiger partial charge on any atom is 0.242 e. The molecule has 0 saturated heterocycles. The Morgan fingerprint density at radius 3 is 3.08 bits per heavy atom. The number of nitrogens with zero attached hydrogens (tertiary/aromatic N) is 4. The quantitative estimate of drug-likeness (QED) is 0.404. The second kappa shape index (κ2) is 3.19. The molecule has 13 heavy (non-hydrogen) atoms. The second-order valence-corrected chi connectivity index (χ2v) is 3.05. The number of nitrogens with two attached hydrogens (primary N) is 1. The highest BCUT2D eigenvalue weighted by Crippen LogP contribution is 2.13. The molecular formula is C6H8N6S. The Bertz CT molecular complexity index is 424. The summed E-state index contributed by atoms with van der Waals surface area (Å²) in [5.74, 6) is 5.77. The first-order valence-corrected chi connectivity index (χ1v) is 4.80. The van der Waals surface area contributed by atoms with Gasteiger partial charge in [0, 0.05) is 6.07 Å². The molecule has 0 aromatic carbocycles. The number of rotatable bonds is 2. The summed E-state index contributed by atoms with van der Waals surface area (Å²) in [4.78, 5) is 8.35. The lowest BCUT2D eigenvalue weighted by Crippen LogP contribution is -2.14. The molecule has 0 unspecified atom stereocenters. The average molecular weight is 196 g/mol. The van der Waals surface area contributed by atoms with E-state index in [1.165, 1.54) is 11.8 Å². The molecule has 2 heterocycles. The highest BCUT2D eigenvalue weighted by atomic mass is 32.2. The Hall–Kier alpha value is -1.34. The van der Waals surface area contributed by atoms with Crippen LogP contribution in [0.25, 0.3) is 5.65 Å². The van der Waals surface area contributed by atoms with Gasteiger partial charge >= 0.3 is 0 Å². The number of anilines is 1. The van der Waals surface area contributed by atoms with Crippen LogP contribution in [0.3, 0.4) is 0 Å². The highest BCUT2D eigenvalue weighted by Gasteiger charge is 2.05. The van der Waals surface area contributed by atoms with E-state index >= 15 is 0 Å². The highest BCUT2D eigenvalue weighted by molar-refractivity contribution is 7.98. The van der Waals surface area contributed by atoms with Crippen LogP contribution in [-0.4, -0.2) is 25.8 Å². The number of hydrogen-bond donors (Lipinski definition) is 2. The van der Waals surface area contributed by atoms with Crippen molar-refractivity contribution in [1.82, 2.24) is 19.6 Å². The third-order valence-electron chi connectivity index (χ3n) is 1.55. The van der Waals surface area contributed by atoms with E-state index < -0.39 is 0 Å². The van der Waals surface area contributed by atoms with Crippen LogP contribution in [-0.2, 0) is 0 Å². The molecule has 2 aromatic rings. The summed E-state index contributed by atoms with van der Waals surface area (Å²) in [6.45, 7) is 0. The SMILES string of the molecule is CSc1nc(NN)n2nccc2n1. The molecule has 2 aromatic heterocycles. The van der Waals surface area contributed by atoms with Gasteiger partial charge in [0.25, 0.3) is 0 Å². The standard InChI is InChI=1S/C6H8N6S/c1-13-6-9-4-2-3-8-12(4)5(10-6)11-7/h2-3H,7H2,1H3,(H,9,10,11). The summed E-state index contributed by atoms with van der Waals surface area (Å²) in [7, 11) is 0. The topological polar surface area (TPSA) is 81.1 Å². The van der Waals surface area contributed by atoms with Gasteiger partial charge in [-0.05, 0) is 6.26 Å². The van der Waals surface area contributed by atoms with Gasteiger partial charge in [-0.3, -0.25) is 5.43 Å². The van der Waals surface area contributed by atoms with Gasteiger partial charge in [0.15, 0.2) is 10.8 Å². The Labute approximate surface area is 78.5 Å². The minimum absolute atomic E-state index is 0.486. The van der Waals surface area contributed by atoms with Crippen molar-refractivity contribution >= 4 is 23.4 Å². The van der Waals surface area contributed by atoms with Gasteiger partial charge in [0.1, 0.15) is 0 Å². The molecule has 0 bridgehead atoms.